The molecular weight excluding hydrogens is 478 g/mol. The van der Waals surface area contributed by atoms with Crippen LogP contribution in [0.1, 0.15) is 58.9 Å². The molecule has 35 heavy (non-hydrogen) atoms. The van der Waals surface area contributed by atoms with Crippen LogP contribution in [0.3, 0.4) is 0 Å². The number of hydrogen-bond acceptors (Lipinski definition) is 7. The predicted molar refractivity (Wildman–Crippen MR) is 143 cm³/mol. The van der Waals surface area contributed by atoms with E-state index in [1.165, 1.54) is 17.6 Å². The Hall–Kier alpha value is -3.07. The van der Waals surface area contributed by atoms with E-state index in [4.69, 9.17) is 9.72 Å². The smallest absolute Gasteiger partial charge is 0.337 e. The van der Waals surface area contributed by atoms with Crippen molar-refractivity contribution in [1.82, 2.24) is 10.3 Å². The Labute approximate surface area is 212 Å². The maximum Gasteiger partial charge on any atom is 0.337 e. The monoisotopic (exact) mass is 505 g/mol. The number of para-hydroxylation sites is 1. The lowest BCUT2D eigenvalue weighted by Gasteiger charge is -2.42. The molecule has 8 heteroatoms. The summed E-state index contributed by atoms with van der Waals surface area (Å²) in [6.07, 6.45) is 0.831. The number of aromatic nitrogens is 1. The van der Waals surface area contributed by atoms with Gasteiger partial charge in [-0.05, 0) is 76.1 Å². The maximum absolute atomic E-state index is 13.3. The van der Waals surface area contributed by atoms with Crippen molar-refractivity contribution >= 4 is 49.8 Å². The van der Waals surface area contributed by atoms with Gasteiger partial charge in [0.25, 0.3) is 5.91 Å². The molecule has 1 aliphatic rings. The maximum atomic E-state index is 13.3. The Morgan fingerprint density at radius 1 is 1.00 bits per heavy atom. The predicted octanol–water partition coefficient (Wildman–Crippen LogP) is 6.22. The lowest BCUT2D eigenvalue weighted by Crippen LogP contribution is -2.54. The first-order valence-electron chi connectivity index (χ1n) is 11.4. The van der Waals surface area contributed by atoms with E-state index in [1.807, 2.05) is 18.2 Å². The van der Waals surface area contributed by atoms with Crippen LogP contribution in [0.15, 0.2) is 48.5 Å². The van der Waals surface area contributed by atoms with Gasteiger partial charge in [-0.15, -0.1) is 22.7 Å². The molecule has 0 spiro atoms. The van der Waals surface area contributed by atoms with Crippen LogP contribution < -0.4 is 10.6 Å². The third kappa shape index (κ3) is 4.37. The summed E-state index contributed by atoms with van der Waals surface area (Å²) < 4.78 is 5.87. The summed E-state index contributed by atoms with van der Waals surface area (Å²) in [7, 11) is 1.34. The van der Waals surface area contributed by atoms with Gasteiger partial charge < -0.3 is 15.4 Å². The summed E-state index contributed by atoms with van der Waals surface area (Å²) in [6, 6.07) is 14.6. The van der Waals surface area contributed by atoms with Crippen LogP contribution in [0, 0.1) is 0 Å². The van der Waals surface area contributed by atoms with Crippen molar-refractivity contribution in [2.75, 3.05) is 12.4 Å². The summed E-state index contributed by atoms with van der Waals surface area (Å²) in [5.74, 6) is -0.661. The van der Waals surface area contributed by atoms with Crippen molar-refractivity contribution in [3.8, 4) is 10.6 Å². The largest absolute Gasteiger partial charge is 0.465 e. The second kappa shape index (κ2) is 8.55. The summed E-state index contributed by atoms with van der Waals surface area (Å²) in [5, 5.41) is 8.61. The first-order chi connectivity index (χ1) is 16.6. The van der Waals surface area contributed by atoms with Crippen LogP contribution in [0.4, 0.5) is 5.00 Å². The number of methoxy groups -OCH3 is 1. The van der Waals surface area contributed by atoms with Crippen molar-refractivity contribution in [1.29, 1.82) is 0 Å². The quantitative estimate of drug-likeness (QED) is 0.322. The molecule has 2 aromatic heterocycles. The number of carbonyl (C=O) groups excluding carboxylic acids is 2. The zero-order chi connectivity index (χ0) is 25.0. The van der Waals surface area contributed by atoms with Gasteiger partial charge in [-0.2, -0.15) is 0 Å². The fourth-order valence-corrected chi connectivity index (χ4v) is 7.25. The highest BCUT2D eigenvalue weighted by Crippen LogP contribution is 2.50. The zero-order valence-corrected chi connectivity index (χ0v) is 21.9. The normalized spacial score (nSPS) is 16.0. The lowest BCUT2D eigenvalue weighted by molar-refractivity contribution is 0.0600. The van der Waals surface area contributed by atoms with Crippen molar-refractivity contribution in [3.05, 3.63) is 70.1 Å². The van der Waals surface area contributed by atoms with Gasteiger partial charge in [0.15, 0.2) is 0 Å². The first-order valence-corrected chi connectivity index (χ1v) is 13.0. The van der Waals surface area contributed by atoms with Crippen LogP contribution in [0.5, 0.6) is 0 Å². The number of esters is 1. The first kappa shape index (κ1) is 23.7. The molecule has 2 aromatic carbocycles. The van der Waals surface area contributed by atoms with Crippen LogP contribution in [-0.2, 0) is 16.7 Å². The number of anilines is 1. The van der Waals surface area contributed by atoms with E-state index >= 15 is 0 Å². The molecule has 6 nitrogen and oxygen atoms in total. The molecule has 0 saturated heterocycles. The lowest BCUT2D eigenvalue weighted by atomic mass is 9.81. The molecule has 1 aliphatic heterocycles. The number of thiazole rings is 1. The molecule has 0 saturated carbocycles. The Bertz CT molecular complexity index is 1420. The Balaban J connectivity index is 1.60. The van der Waals surface area contributed by atoms with Gasteiger partial charge in [-0.3, -0.25) is 4.79 Å². The van der Waals surface area contributed by atoms with Crippen molar-refractivity contribution in [2.24, 2.45) is 0 Å². The molecule has 180 valence electrons. The van der Waals surface area contributed by atoms with Crippen LogP contribution in [0.2, 0.25) is 0 Å². The van der Waals surface area contributed by atoms with Crippen molar-refractivity contribution in [3.63, 3.8) is 0 Å². The highest BCUT2D eigenvalue weighted by atomic mass is 32.1. The van der Waals surface area contributed by atoms with Crippen molar-refractivity contribution in [2.45, 2.75) is 45.2 Å². The van der Waals surface area contributed by atoms with Crippen molar-refractivity contribution < 1.29 is 14.3 Å². The van der Waals surface area contributed by atoms with Gasteiger partial charge in [0, 0.05) is 27.1 Å². The Morgan fingerprint density at radius 3 is 2.37 bits per heavy atom. The van der Waals surface area contributed by atoms with Gasteiger partial charge in [0.2, 0.25) is 0 Å². The molecule has 3 heterocycles. The average molecular weight is 506 g/mol. The molecule has 0 radical (unpaired) electrons. The number of rotatable bonds is 4. The number of fused-ring (bicyclic) bond motifs is 2. The molecule has 0 bridgehead atoms. The number of ether oxygens (including phenoxy) is 1. The van der Waals surface area contributed by atoms with E-state index in [-0.39, 0.29) is 17.0 Å². The number of benzene rings is 2. The van der Waals surface area contributed by atoms with Crippen LogP contribution >= 0.6 is 22.7 Å². The molecule has 4 aromatic rings. The number of thiophene rings is 1. The minimum atomic E-state index is -0.432. The molecule has 0 aliphatic carbocycles. The number of amides is 1. The molecule has 0 atom stereocenters. The molecule has 2 N–H and O–H groups in total. The summed E-state index contributed by atoms with van der Waals surface area (Å²) >= 11 is 3.25. The van der Waals surface area contributed by atoms with Crippen LogP contribution in [0.25, 0.3) is 20.8 Å². The van der Waals surface area contributed by atoms with Gasteiger partial charge in [0.1, 0.15) is 10.0 Å². The average Bonchev–Trinajstić information content (AvgIpc) is 3.38. The van der Waals surface area contributed by atoms with E-state index in [1.54, 1.807) is 46.9 Å². The Kier molecular flexibility index (Phi) is 5.78. The molecular formula is C27H27N3O3S2. The minimum absolute atomic E-state index is 0.103. The van der Waals surface area contributed by atoms with Gasteiger partial charge in [-0.25, -0.2) is 9.78 Å². The van der Waals surface area contributed by atoms with Crippen LogP contribution in [-0.4, -0.2) is 29.5 Å². The molecule has 1 amide bonds. The molecule has 0 fully saturated rings. The SMILES string of the molecule is COC(=O)c1ccc(C(=O)Nc2sc3c(c2-c2nc4ccccc4s2)CC(C)(C)NC3(C)C)cc1. The topological polar surface area (TPSA) is 80.3 Å². The summed E-state index contributed by atoms with van der Waals surface area (Å²) in [5.41, 5.74) is 3.72. The number of nitrogens with one attached hydrogen (secondary N) is 2. The fourth-order valence-electron chi connectivity index (χ4n) is 4.87. The number of nitrogens with zero attached hydrogens (tertiary/aromatic N) is 1. The summed E-state index contributed by atoms with van der Waals surface area (Å²) in [4.78, 5) is 31.2. The summed E-state index contributed by atoms with van der Waals surface area (Å²) in [6.45, 7) is 8.78. The highest BCUT2D eigenvalue weighted by Gasteiger charge is 2.41. The molecule has 0 unspecified atom stereocenters. The van der Waals surface area contributed by atoms with E-state index in [2.05, 4.69) is 44.4 Å². The third-order valence-electron chi connectivity index (χ3n) is 6.15. The van der Waals surface area contributed by atoms with Gasteiger partial charge >= 0.3 is 5.97 Å². The second-order valence-electron chi connectivity index (χ2n) is 9.93. The minimum Gasteiger partial charge on any atom is -0.465 e. The zero-order valence-electron chi connectivity index (χ0n) is 20.3. The fraction of sp³-hybridized carbons (Fsp3) is 0.296. The van der Waals surface area contributed by atoms with Gasteiger partial charge in [0.05, 0.1) is 22.9 Å². The highest BCUT2D eigenvalue weighted by molar-refractivity contribution is 7.23. The van der Waals surface area contributed by atoms with E-state index in [0.717, 1.165) is 32.2 Å². The third-order valence-corrected chi connectivity index (χ3v) is 8.67. The number of carbonyl (C=O) groups is 2. The van der Waals surface area contributed by atoms with E-state index < -0.39 is 5.97 Å². The van der Waals surface area contributed by atoms with Gasteiger partial charge in [-0.1, -0.05) is 12.1 Å². The van der Waals surface area contributed by atoms with E-state index in [0.29, 0.717) is 11.1 Å². The Morgan fingerprint density at radius 2 is 1.69 bits per heavy atom. The standard InChI is InChI=1S/C27H27N3O3S2/c1-26(2)14-17-20(23-28-18-8-6-7-9-19(18)34-23)24(35-21(17)27(3,4)30-26)29-22(31)15-10-12-16(13-11-15)25(32)33-5/h6-13,30H,14H2,1-5H3,(H,29,31). The number of hydrogen-bond donors (Lipinski definition) is 2. The second-order valence-corrected chi connectivity index (χ2v) is 12.0. The molecule has 5 rings (SSSR count). The van der Waals surface area contributed by atoms with E-state index in [9.17, 15) is 9.59 Å².